The average molecular weight is 201 g/mol. The van der Waals surface area contributed by atoms with Gasteiger partial charge in [0.05, 0.1) is 11.9 Å². The van der Waals surface area contributed by atoms with E-state index >= 15 is 0 Å². The van der Waals surface area contributed by atoms with Crippen LogP contribution in [-0.2, 0) is 13.5 Å². The average Bonchev–Trinajstić information content (AvgIpc) is 2.65. The Labute approximate surface area is 89.7 Å². The minimum Gasteiger partial charge on any atom is -0.248 e. The monoisotopic (exact) mass is 201 g/mol. The zero-order valence-electron chi connectivity index (χ0n) is 9.36. The quantitative estimate of drug-likeness (QED) is 0.746. The fourth-order valence-corrected chi connectivity index (χ4v) is 1.76. The highest BCUT2D eigenvalue weighted by molar-refractivity contribution is 5.60. The summed E-state index contributed by atoms with van der Waals surface area (Å²) in [4.78, 5) is 0. The molecule has 0 aliphatic rings. The molecule has 3 heteroatoms. The molecule has 3 nitrogen and oxygen atoms in total. The number of nitrogens with zero attached hydrogens (tertiary/aromatic N) is 3. The van der Waals surface area contributed by atoms with Crippen LogP contribution in [0.5, 0.6) is 0 Å². The first-order valence-electron chi connectivity index (χ1n) is 5.17. The fourth-order valence-electron chi connectivity index (χ4n) is 1.76. The van der Waals surface area contributed by atoms with Gasteiger partial charge in [0, 0.05) is 12.6 Å². The molecule has 15 heavy (non-hydrogen) atoms. The molecule has 0 radical (unpaired) electrons. The van der Waals surface area contributed by atoms with Gasteiger partial charge in [0.15, 0.2) is 0 Å². The summed E-state index contributed by atoms with van der Waals surface area (Å²) in [5.41, 5.74) is 4.97. The van der Waals surface area contributed by atoms with Gasteiger partial charge in [-0.3, -0.25) is 0 Å². The molecule has 0 aliphatic heterocycles. The number of hydrogen-bond donors (Lipinski definition) is 0. The maximum atomic E-state index is 3.94. The predicted molar refractivity (Wildman–Crippen MR) is 60.6 cm³/mol. The van der Waals surface area contributed by atoms with Gasteiger partial charge in [-0.1, -0.05) is 24.3 Å². The third-order valence-corrected chi connectivity index (χ3v) is 2.74. The Morgan fingerprint density at radius 2 is 2.13 bits per heavy atom. The summed E-state index contributed by atoms with van der Waals surface area (Å²) >= 11 is 0. The fraction of sp³-hybridized carbons (Fsp3) is 0.333. The Morgan fingerprint density at radius 1 is 1.33 bits per heavy atom. The second-order valence-corrected chi connectivity index (χ2v) is 3.74. The molecule has 0 fully saturated rings. The molecule has 78 valence electrons. The van der Waals surface area contributed by atoms with Crippen LogP contribution >= 0.6 is 0 Å². The first kappa shape index (κ1) is 9.90. The third-order valence-electron chi connectivity index (χ3n) is 2.74. The molecule has 0 aliphatic carbocycles. The van der Waals surface area contributed by atoms with Crippen molar-refractivity contribution in [3.8, 4) is 11.3 Å². The van der Waals surface area contributed by atoms with E-state index in [1.807, 2.05) is 7.05 Å². The Bertz CT molecular complexity index is 471. The molecule has 0 N–H and O–H groups in total. The molecule has 0 saturated carbocycles. The Hall–Kier alpha value is -1.64. The van der Waals surface area contributed by atoms with Crippen LogP contribution in [0.15, 0.2) is 24.4 Å². The number of hydrogen-bond acceptors (Lipinski definition) is 2. The lowest BCUT2D eigenvalue weighted by Gasteiger charge is -2.06. The van der Waals surface area contributed by atoms with Crippen LogP contribution in [0.1, 0.15) is 18.1 Å². The first-order valence-corrected chi connectivity index (χ1v) is 5.17. The van der Waals surface area contributed by atoms with Crippen molar-refractivity contribution in [2.45, 2.75) is 20.3 Å². The number of aromatic nitrogens is 3. The predicted octanol–water partition coefficient (Wildman–Crippen LogP) is 2.35. The maximum Gasteiger partial charge on any atom is 0.0882 e. The van der Waals surface area contributed by atoms with E-state index in [0.29, 0.717) is 0 Å². The highest BCUT2D eigenvalue weighted by Crippen LogP contribution is 2.21. The molecular weight excluding hydrogens is 186 g/mol. The van der Waals surface area contributed by atoms with E-state index in [2.05, 4.69) is 42.4 Å². The van der Waals surface area contributed by atoms with Crippen LogP contribution in [0.3, 0.4) is 0 Å². The summed E-state index contributed by atoms with van der Waals surface area (Å²) in [5, 5.41) is 7.83. The maximum absolute atomic E-state index is 3.94. The first-order chi connectivity index (χ1) is 7.22. The SMILES string of the molecule is CCc1cc(-c2cnnn2C)ccc1C. The number of benzene rings is 1. The highest BCUT2D eigenvalue weighted by atomic mass is 15.4. The minimum atomic E-state index is 1.06. The van der Waals surface area contributed by atoms with Crippen molar-refractivity contribution < 1.29 is 0 Å². The molecular formula is C12H15N3. The molecule has 1 aromatic carbocycles. The summed E-state index contributed by atoms with van der Waals surface area (Å²) in [5.74, 6) is 0. The highest BCUT2D eigenvalue weighted by Gasteiger charge is 2.05. The number of aryl methyl sites for hydroxylation is 3. The zero-order chi connectivity index (χ0) is 10.8. The Morgan fingerprint density at radius 3 is 2.73 bits per heavy atom. The van der Waals surface area contributed by atoms with Gasteiger partial charge in [0.1, 0.15) is 0 Å². The van der Waals surface area contributed by atoms with E-state index in [9.17, 15) is 0 Å². The van der Waals surface area contributed by atoms with E-state index in [1.165, 1.54) is 16.7 Å². The Balaban J connectivity index is 2.51. The molecule has 2 aromatic rings. The van der Waals surface area contributed by atoms with Gasteiger partial charge in [0.25, 0.3) is 0 Å². The van der Waals surface area contributed by atoms with Gasteiger partial charge in [-0.15, -0.1) is 5.10 Å². The van der Waals surface area contributed by atoms with Gasteiger partial charge >= 0.3 is 0 Å². The van der Waals surface area contributed by atoms with Gasteiger partial charge < -0.3 is 0 Å². The summed E-state index contributed by atoms with van der Waals surface area (Å²) in [6.45, 7) is 4.32. The third kappa shape index (κ3) is 1.77. The largest absolute Gasteiger partial charge is 0.248 e. The van der Waals surface area contributed by atoms with Crippen molar-refractivity contribution in [2.24, 2.45) is 7.05 Å². The molecule has 0 bridgehead atoms. The summed E-state index contributed by atoms with van der Waals surface area (Å²) in [7, 11) is 1.91. The van der Waals surface area contributed by atoms with E-state index < -0.39 is 0 Å². The van der Waals surface area contributed by atoms with Crippen molar-refractivity contribution in [1.29, 1.82) is 0 Å². The Kier molecular flexibility index (Phi) is 2.54. The van der Waals surface area contributed by atoms with Crippen LogP contribution in [-0.4, -0.2) is 15.0 Å². The van der Waals surface area contributed by atoms with Gasteiger partial charge in [-0.05, 0) is 30.5 Å². The molecule has 0 unspecified atom stereocenters. The van der Waals surface area contributed by atoms with E-state index in [0.717, 1.165) is 12.1 Å². The summed E-state index contributed by atoms with van der Waals surface area (Å²) in [6.07, 6.45) is 2.86. The normalized spacial score (nSPS) is 10.6. The van der Waals surface area contributed by atoms with Crippen molar-refractivity contribution in [2.75, 3.05) is 0 Å². The standard InChI is InChI=1S/C12H15N3/c1-4-10-7-11(6-5-9(10)2)12-8-13-14-15(12)3/h5-8H,4H2,1-3H3. The van der Waals surface area contributed by atoms with E-state index in [-0.39, 0.29) is 0 Å². The van der Waals surface area contributed by atoms with Crippen molar-refractivity contribution in [1.82, 2.24) is 15.0 Å². The number of rotatable bonds is 2. The van der Waals surface area contributed by atoms with Gasteiger partial charge in [-0.25, -0.2) is 4.68 Å². The van der Waals surface area contributed by atoms with Crippen LogP contribution in [0.2, 0.25) is 0 Å². The molecule has 1 heterocycles. The minimum absolute atomic E-state index is 1.06. The van der Waals surface area contributed by atoms with Crippen molar-refractivity contribution >= 4 is 0 Å². The molecule has 0 amide bonds. The molecule has 0 atom stereocenters. The second kappa shape index (κ2) is 3.85. The van der Waals surface area contributed by atoms with Gasteiger partial charge in [0.2, 0.25) is 0 Å². The van der Waals surface area contributed by atoms with Crippen LogP contribution < -0.4 is 0 Å². The summed E-state index contributed by atoms with van der Waals surface area (Å²) < 4.78 is 1.80. The van der Waals surface area contributed by atoms with Gasteiger partial charge in [-0.2, -0.15) is 0 Å². The lowest BCUT2D eigenvalue weighted by Crippen LogP contribution is -1.95. The lowest BCUT2D eigenvalue weighted by molar-refractivity contribution is 0.720. The van der Waals surface area contributed by atoms with Crippen LogP contribution in [0, 0.1) is 6.92 Å². The second-order valence-electron chi connectivity index (χ2n) is 3.74. The molecule has 0 spiro atoms. The summed E-state index contributed by atoms with van der Waals surface area (Å²) in [6, 6.07) is 6.49. The van der Waals surface area contributed by atoms with Crippen molar-refractivity contribution in [3.63, 3.8) is 0 Å². The smallest absolute Gasteiger partial charge is 0.0882 e. The topological polar surface area (TPSA) is 30.7 Å². The lowest BCUT2D eigenvalue weighted by atomic mass is 10.0. The van der Waals surface area contributed by atoms with Crippen LogP contribution in [0.25, 0.3) is 11.3 Å². The molecule has 2 rings (SSSR count). The van der Waals surface area contributed by atoms with E-state index in [4.69, 9.17) is 0 Å². The molecule has 1 aromatic heterocycles. The van der Waals surface area contributed by atoms with Crippen molar-refractivity contribution in [3.05, 3.63) is 35.5 Å². The zero-order valence-corrected chi connectivity index (χ0v) is 9.36. The van der Waals surface area contributed by atoms with Crippen LogP contribution in [0.4, 0.5) is 0 Å². The molecule has 0 saturated heterocycles. The van der Waals surface area contributed by atoms with E-state index in [1.54, 1.807) is 10.9 Å².